The van der Waals surface area contributed by atoms with E-state index in [9.17, 15) is 13.2 Å². The predicted molar refractivity (Wildman–Crippen MR) is 83.4 cm³/mol. The Hall–Kier alpha value is -1.15. The third-order valence-electron chi connectivity index (χ3n) is 2.70. The molecule has 0 heterocycles. The normalized spacial score (nSPS) is 12.3. The van der Waals surface area contributed by atoms with Crippen LogP contribution in [0, 0.1) is 0 Å². The molecule has 0 aromatic heterocycles. The van der Waals surface area contributed by atoms with Crippen molar-refractivity contribution in [2.24, 2.45) is 0 Å². The minimum Gasteiger partial charge on any atom is -0.465 e. The lowest BCUT2D eigenvalue weighted by molar-refractivity contribution is 0.0600. The van der Waals surface area contributed by atoms with Gasteiger partial charge >= 0.3 is 5.97 Å². The van der Waals surface area contributed by atoms with E-state index in [1.54, 1.807) is 0 Å². The van der Waals surface area contributed by atoms with Crippen LogP contribution in [0.2, 0.25) is 0 Å². The summed E-state index contributed by atoms with van der Waals surface area (Å²) in [5, 5.41) is 3.11. The first-order valence-corrected chi connectivity index (χ1v) is 7.80. The molecular formula is C13H21ClN2O4S. The average Bonchev–Trinajstić information content (AvgIpc) is 2.45. The standard InChI is InChI=1S/C13H20N2O4S.ClH/c1-4-14-10(2)9-15-20(17,18)12-7-5-6-11(8-12)13(16)19-3;/h5-8,10,14-15H,4,9H2,1-3H3;1H/t10-;/m1./s1. The molecule has 2 N–H and O–H groups in total. The van der Waals surface area contributed by atoms with Gasteiger partial charge in [0.2, 0.25) is 10.0 Å². The van der Waals surface area contributed by atoms with Crippen LogP contribution in [-0.4, -0.2) is 40.6 Å². The van der Waals surface area contributed by atoms with Gasteiger partial charge in [-0.25, -0.2) is 17.9 Å². The summed E-state index contributed by atoms with van der Waals surface area (Å²) in [7, 11) is -2.39. The zero-order valence-corrected chi connectivity index (χ0v) is 13.9. The van der Waals surface area contributed by atoms with E-state index in [2.05, 4.69) is 14.8 Å². The highest BCUT2D eigenvalue weighted by molar-refractivity contribution is 7.89. The molecule has 8 heteroatoms. The van der Waals surface area contributed by atoms with Crippen LogP contribution in [-0.2, 0) is 14.8 Å². The fourth-order valence-electron chi connectivity index (χ4n) is 1.65. The van der Waals surface area contributed by atoms with Crippen molar-refractivity contribution in [1.29, 1.82) is 0 Å². The number of methoxy groups -OCH3 is 1. The largest absolute Gasteiger partial charge is 0.465 e. The maximum atomic E-state index is 12.1. The SMILES string of the molecule is CCN[C@H](C)CNS(=O)(=O)c1cccc(C(=O)OC)c1.Cl. The summed E-state index contributed by atoms with van der Waals surface area (Å²) in [4.78, 5) is 11.4. The van der Waals surface area contributed by atoms with Crippen LogP contribution in [0.15, 0.2) is 29.2 Å². The molecule has 21 heavy (non-hydrogen) atoms. The number of rotatable bonds is 7. The molecule has 0 saturated carbocycles. The second-order valence-electron chi connectivity index (χ2n) is 4.33. The molecule has 0 aliphatic heterocycles. The fourth-order valence-corrected chi connectivity index (χ4v) is 2.82. The second-order valence-corrected chi connectivity index (χ2v) is 6.10. The van der Waals surface area contributed by atoms with Gasteiger partial charge in [-0.05, 0) is 31.7 Å². The van der Waals surface area contributed by atoms with E-state index >= 15 is 0 Å². The highest BCUT2D eigenvalue weighted by atomic mass is 35.5. The first-order valence-electron chi connectivity index (χ1n) is 6.32. The molecule has 1 atom stereocenters. The number of nitrogens with one attached hydrogen (secondary N) is 2. The number of halogens is 1. The molecule has 120 valence electrons. The zero-order chi connectivity index (χ0) is 15.2. The summed E-state index contributed by atoms with van der Waals surface area (Å²) >= 11 is 0. The molecule has 1 rings (SSSR count). The zero-order valence-electron chi connectivity index (χ0n) is 12.3. The predicted octanol–water partition coefficient (Wildman–Crippen LogP) is 1.17. The van der Waals surface area contributed by atoms with E-state index in [0.717, 1.165) is 6.54 Å². The number of carbonyl (C=O) groups excluding carboxylic acids is 1. The second kappa shape index (κ2) is 8.99. The van der Waals surface area contributed by atoms with E-state index in [0.29, 0.717) is 0 Å². The minimum atomic E-state index is -3.64. The highest BCUT2D eigenvalue weighted by Gasteiger charge is 2.17. The van der Waals surface area contributed by atoms with Crippen LogP contribution in [0.4, 0.5) is 0 Å². The number of hydrogen-bond donors (Lipinski definition) is 2. The van der Waals surface area contributed by atoms with E-state index in [4.69, 9.17) is 0 Å². The summed E-state index contributed by atoms with van der Waals surface area (Å²) < 4.78 is 31.3. The van der Waals surface area contributed by atoms with Gasteiger partial charge in [0, 0.05) is 12.6 Å². The van der Waals surface area contributed by atoms with Gasteiger partial charge in [-0.2, -0.15) is 0 Å². The van der Waals surface area contributed by atoms with E-state index in [-0.39, 0.29) is 35.5 Å². The molecule has 0 aliphatic rings. The van der Waals surface area contributed by atoms with Gasteiger partial charge in [0.05, 0.1) is 17.6 Å². The Morgan fingerprint density at radius 1 is 1.38 bits per heavy atom. The van der Waals surface area contributed by atoms with Crippen molar-refractivity contribution < 1.29 is 17.9 Å². The van der Waals surface area contributed by atoms with Gasteiger partial charge in [0.15, 0.2) is 0 Å². The van der Waals surface area contributed by atoms with Gasteiger partial charge in [-0.1, -0.05) is 13.0 Å². The number of esters is 1. The molecule has 0 spiro atoms. The fraction of sp³-hybridized carbons (Fsp3) is 0.462. The Morgan fingerprint density at radius 2 is 2.05 bits per heavy atom. The van der Waals surface area contributed by atoms with Gasteiger partial charge < -0.3 is 10.1 Å². The maximum absolute atomic E-state index is 12.1. The van der Waals surface area contributed by atoms with E-state index < -0.39 is 16.0 Å². The molecule has 0 saturated heterocycles. The third kappa shape index (κ3) is 6.01. The summed E-state index contributed by atoms with van der Waals surface area (Å²) in [5.74, 6) is -0.567. The van der Waals surface area contributed by atoms with Gasteiger partial charge in [-0.15, -0.1) is 12.4 Å². The number of benzene rings is 1. The van der Waals surface area contributed by atoms with Crippen molar-refractivity contribution in [2.75, 3.05) is 20.2 Å². The molecular weight excluding hydrogens is 316 g/mol. The van der Waals surface area contributed by atoms with E-state index in [1.165, 1.54) is 31.4 Å². The number of sulfonamides is 1. The maximum Gasteiger partial charge on any atom is 0.337 e. The van der Waals surface area contributed by atoms with Gasteiger partial charge in [0.25, 0.3) is 0 Å². The van der Waals surface area contributed by atoms with Crippen LogP contribution in [0.5, 0.6) is 0 Å². The first kappa shape index (κ1) is 19.9. The molecule has 0 bridgehead atoms. The van der Waals surface area contributed by atoms with Crippen LogP contribution in [0.1, 0.15) is 24.2 Å². The van der Waals surface area contributed by atoms with Gasteiger partial charge in [0.1, 0.15) is 0 Å². The molecule has 1 aromatic rings. The summed E-state index contributed by atoms with van der Waals surface area (Å²) in [5.41, 5.74) is 0.204. The Kier molecular flexibility index (Phi) is 8.50. The van der Waals surface area contributed by atoms with Crippen LogP contribution >= 0.6 is 12.4 Å². The summed E-state index contributed by atoms with van der Waals surface area (Å²) in [6.07, 6.45) is 0. The average molecular weight is 337 g/mol. The number of likely N-dealkylation sites (N-methyl/N-ethyl adjacent to an activating group) is 1. The Morgan fingerprint density at radius 3 is 2.62 bits per heavy atom. The van der Waals surface area contributed by atoms with Crippen LogP contribution in [0.25, 0.3) is 0 Å². The van der Waals surface area contributed by atoms with Crippen LogP contribution < -0.4 is 10.0 Å². The smallest absolute Gasteiger partial charge is 0.337 e. The lowest BCUT2D eigenvalue weighted by Crippen LogP contribution is -2.38. The van der Waals surface area contributed by atoms with Crippen molar-refractivity contribution in [3.8, 4) is 0 Å². The van der Waals surface area contributed by atoms with Crippen molar-refractivity contribution in [2.45, 2.75) is 24.8 Å². The quantitative estimate of drug-likeness (QED) is 0.730. The number of hydrogen-bond acceptors (Lipinski definition) is 5. The Balaban J connectivity index is 0.00000400. The van der Waals surface area contributed by atoms with Gasteiger partial charge in [-0.3, -0.25) is 0 Å². The number of ether oxygens (including phenoxy) is 1. The Labute approximate surface area is 131 Å². The minimum absolute atomic E-state index is 0. The highest BCUT2D eigenvalue weighted by Crippen LogP contribution is 2.12. The molecule has 0 fully saturated rings. The first-order chi connectivity index (χ1) is 9.40. The topological polar surface area (TPSA) is 84.5 Å². The van der Waals surface area contributed by atoms with Crippen molar-refractivity contribution in [3.63, 3.8) is 0 Å². The molecule has 0 aliphatic carbocycles. The molecule has 0 amide bonds. The van der Waals surface area contributed by atoms with Crippen molar-refractivity contribution >= 4 is 28.4 Å². The monoisotopic (exact) mass is 336 g/mol. The number of carbonyl (C=O) groups is 1. The van der Waals surface area contributed by atoms with Crippen molar-refractivity contribution in [3.05, 3.63) is 29.8 Å². The molecule has 6 nitrogen and oxygen atoms in total. The molecule has 0 radical (unpaired) electrons. The van der Waals surface area contributed by atoms with Crippen LogP contribution in [0.3, 0.4) is 0 Å². The summed E-state index contributed by atoms with van der Waals surface area (Å²) in [6, 6.07) is 5.78. The van der Waals surface area contributed by atoms with Crippen molar-refractivity contribution in [1.82, 2.24) is 10.0 Å². The molecule has 0 unspecified atom stereocenters. The summed E-state index contributed by atoms with van der Waals surface area (Å²) in [6.45, 7) is 4.88. The molecule has 1 aromatic carbocycles. The third-order valence-corrected chi connectivity index (χ3v) is 4.12. The van der Waals surface area contributed by atoms with E-state index in [1.807, 2.05) is 13.8 Å². The Bertz CT molecular complexity index is 563. The lowest BCUT2D eigenvalue weighted by atomic mass is 10.2. The lowest BCUT2D eigenvalue weighted by Gasteiger charge is -2.13.